The van der Waals surface area contributed by atoms with Gasteiger partial charge in [-0.05, 0) is 25.0 Å². The Balaban J connectivity index is 3.74. The van der Waals surface area contributed by atoms with Gasteiger partial charge in [0.25, 0.3) is 0 Å². The van der Waals surface area contributed by atoms with E-state index in [4.69, 9.17) is 5.11 Å². The highest BCUT2D eigenvalue weighted by Gasteiger charge is 1.89. The second-order valence-corrected chi connectivity index (χ2v) is 5.37. The van der Waals surface area contributed by atoms with Crippen molar-refractivity contribution in [3.8, 4) is 0 Å². The van der Waals surface area contributed by atoms with Crippen LogP contribution < -0.4 is 0 Å². The SMILES string of the molecule is CCCCCCCCCC=CC(O)=CC=CC=CC=CC(=O)O. The van der Waals surface area contributed by atoms with Gasteiger partial charge in [-0.15, -0.1) is 0 Å². The third-order valence-electron chi connectivity index (χ3n) is 3.21. The first kappa shape index (κ1) is 21.0. The summed E-state index contributed by atoms with van der Waals surface area (Å²) in [5.41, 5.74) is 0. The topological polar surface area (TPSA) is 57.5 Å². The highest BCUT2D eigenvalue weighted by Crippen LogP contribution is 2.08. The standard InChI is InChI=1S/C20H30O3/c1-2-3-4-5-6-7-8-10-13-16-19(21)17-14-11-9-12-15-18-20(22)23/h9,11-18,21H,2-8,10H2,1H3,(H,22,23). The highest BCUT2D eigenvalue weighted by atomic mass is 16.4. The van der Waals surface area contributed by atoms with Crippen molar-refractivity contribution in [2.24, 2.45) is 0 Å². The minimum absolute atomic E-state index is 0.221. The molecule has 0 aliphatic heterocycles. The number of hydrogen-bond acceptors (Lipinski definition) is 2. The molecule has 0 aromatic carbocycles. The van der Waals surface area contributed by atoms with Crippen LogP contribution in [0.4, 0.5) is 0 Å². The summed E-state index contributed by atoms with van der Waals surface area (Å²) in [4.78, 5) is 10.2. The molecule has 0 rings (SSSR count). The molecule has 0 aliphatic rings. The van der Waals surface area contributed by atoms with E-state index in [-0.39, 0.29) is 5.76 Å². The molecule has 2 N–H and O–H groups in total. The van der Waals surface area contributed by atoms with Crippen molar-refractivity contribution in [2.45, 2.75) is 58.3 Å². The predicted octanol–water partition coefficient (Wildman–Crippen LogP) is 5.88. The van der Waals surface area contributed by atoms with Gasteiger partial charge in [0.1, 0.15) is 5.76 Å². The van der Waals surface area contributed by atoms with Crippen LogP contribution in [0.5, 0.6) is 0 Å². The number of aliphatic hydroxyl groups is 1. The molecule has 0 fully saturated rings. The summed E-state index contributed by atoms with van der Waals surface area (Å²) in [7, 11) is 0. The van der Waals surface area contributed by atoms with E-state index < -0.39 is 5.97 Å². The lowest BCUT2D eigenvalue weighted by Gasteiger charge is -1.98. The molecule has 0 atom stereocenters. The van der Waals surface area contributed by atoms with Gasteiger partial charge in [-0.3, -0.25) is 0 Å². The monoisotopic (exact) mass is 318 g/mol. The number of carbonyl (C=O) groups is 1. The van der Waals surface area contributed by atoms with Gasteiger partial charge in [-0.1, -0.05) is 81.9 Å². The molecule has 3 heteroatoms. The molecule has 0 aromatic heterocycles. The van der Waals surface area contributed by atoms with Crippen molar-refractivity contribution in [1.29, 1.82) is 0 Å². The van der Waals surface area contributed by atoms with Crippen LogP contribution in [0.25, 0.3) is 0 Å². The van der Waals surface area contributed by atoms with Gasteiger partial charge in [0.2, 0.25) is 0 Å². The molecule has 0 amide bonds. The lowest BCUT2D eigenvalue weighted by molar-refractivity contribution is -0.131. The lowest BCUT2D eigenvalue weighted by Crippen LogP contribution is -1.84. The maximum Gasteiger partial charge on any atom is 0.328 e. The Kier molecular flexibility index (Phi) is 14.9. The number of carboxylic acids is 1. The molecule has 0 bridgehead atoms. The first-order valence-corrected chi connectivity index (χ1v) is 8.47. The minimum atomic E-state index is -0.970. The second-order valence-electron chi connectivity index (χ2n) is 5.37. The van der Waals surface area contributed by atoms with Crippen LogP contribution in [0.15, 0.2) is 60.4 Å². The normalized spacial score (nSPS) is 13.2. The lowest BCUT2D eigenvalue weighted by atomic mass is 10.1. The van der Waals surface area contributed by atoms with E-state index in [1.165, 1.54) is 51.0 Å². The molecular formula is C20H30O3. The molecule has 128 valence electrons. The quantitative estimate of drug-likeness (QED) is 0.193. The molecule has 0 aliphatic carbocycles. The van der Waals surface area contributed by atoms with Crippen LogP contribution in [-0.4, -0.2) is 16.2 Å². The molecule has 0 saturated carbocycles. The molecule has 23 heavy (non-hydrogen) atoms. The fraction of sp³-hybridized carbons (Fsp3) is 0.450. The summed E-state index contributed by atoms with van der Waals surface area (Å²) in [6.45, 7) is 2.23. The Morgan fingerprint density at radius 2 is 1.39 bits per heavy atom. The molecule has 0 heterocycles. The van der Waals surface area contributed by atoms with E-state index >= 15 is 0 Å². The van der Waals surface area contributed by atoms with Crippen molar-refractivity contribution in [1.82, 2.24) is 0 Å². The molecule has 0 aromatic rings. The zero-order valence-electron chi connectivity index (χ0n) is 14.2. The van der Waals surface area contributed by atoms with E-state index in [1.807, 2.05) is 6.08 Å². The van der Waals surface area contributed by atoms with E-state index in [9.17, 15) is 9.90 Å². The number of aliphatic hydroxyl groups excluding tert-OH is 1. The van der Waals surface area contributed by atoms with Crippen molar-refractivity contribution in [3.63, 3.8) is 0 Å². The average Bonchev–Trinajstić information content (AvgIpc) is 2.52. The Morgan fingerprint density at radius 1 is 0.783 bits per heavy atom. The van der Waals surface area contributed by atoms with E-state index in [0.29, 0.717) is 0 Å². The van der Waals surface area contributed by atoms with Gasteiger partial charge in [0.05, 0.1) is 0 Å². The number of unbranched alkanes of at least 4 members (excludes halogenated alkanes) is 7. The fourth-order valence-corrected chi connectivity index (χ4v) is 1.96. The molecule has 0 radical (unpaired) electrons. The average molecular weight is 318 g/mol. The van der Waals surface area contributed by atoms with Crippen LogP contribution in [0, 0.1) is 0 Å². The van der Waals surface area contributed by atoms with Crippen molar-refractivity contribution < 1.29 is 15.0 Å². The fourth-order valence-electron chi connectivity index (χ4n) is 1.96. The van der Waals surface area contributed by atoms with Gasteiger partial charge in [-0.25, -0.2) is 4.79 Å². The van der Waals surface area contributed by atoms with E-state index in [0.717, 1.165) is 12.5 Å². The van der Waals surface area contributed by atoms with Crippen molar-refractivity contribution >= 4 is 5.97 Å². The van der Waals surface area contributed by atoms with E-state index in [2.05, 4.69) is 6.92 Å². The van der Waals surface area contributed by atoms with Gasteiger partial charge < -0.3 is 10.2 Å². The smallest absolute Gasteiger partial charge is 0.328 e. The first-order valence-electron chi connectivity index (χ1n) is 8.47. The Bertz CT molecular complexity index is 440. The predicted molar refractivity (Wildman–Crippen MR) is 97.5 cm³/mol. The molecular weight excluding hydrogens is 288 g/mol. The van der Waals surface area contributed by atoms with Crippen LogP contribution in [0.1, 0.15) is 58.3 Å². The minimum Gasteiger partial charge on any atom is -0.508 e. The van der Waals surface area contributed by atoms with Gasteiger partial charge in [0, 0.05) is 6.08 Å². The Morgan fingerprint density at radius 3 is 2.09 bits per heavy atom. The number of allylic oxidation sites excluding steroid dienone is 8. The maximum absolute atomic E-state index is 10.2. The number of carboxylic acid groups (broad SMARTS) is 1. The Hall–Kier alpha value is -2.03. The maximum atomic E-state index is 10.2. The number of rotatable bonds is 13. The van der Waals surface area contributed by atoms with Crippen molar-refractivity contribution in [3.05, 3.63) is 60.4 Å². The summed E-state index contributed by atoms with van der Waals surface area (Å²) in [5, 5.41) is 18.0. The van der Waals surface area contributed by atoms with Crippen LogP contribution in [0.2, 0.25) is 0 Å². The van der Waals surface area contributed by atoms with Gasteiger partial charge in [0.15, 0.2) is 0 Å². The summed E-state index contributed by atoms with van der Waals surface area (Å²) in [6, 6.07) is 0. The summed E-state index contributed by atoms with van der Waals surface area (Å²) >= 11 is 0. The van der Waals surface area contributed by atoms with Gasteiger partial charge >= 0.3 is 5.97 Å². The largest absolute Gasteiger partial charge is 0.508 e. The second kappa shape index (κ2) is 16.3. The molecule has 0 unspecified atom stereocenters. The third kappa shape index (κ3) is 17.9. The molecule has 3 nitrogen and oxygen atoms in total. The highest BCUT2D eigenvalue weighted by molar-refractivity contribution is 5.80. The number of hydrogen-bond donors (Lipinski definition) is 2. The van der Waals surface area contributed by atoms with Crippen LogP contribution in [-0.2, 0) is 4.79 Å². The van der Waals surface area contributed by atoms with Crippen LogP contribution in [0.3, 0.4) is 0 Å². The summed E-state index contributed by atoms with van der Waals surface area (Å²) in [5.74, 6) is -0.749. The van der Waals surface area contributed by atoms with Crippen molar-refractivity contribution in [2.75, 3.05) is 0 Å². The zero-order chi connectivity index (χ0) is 17.2. The molecule has 0 spiro atoms. The zero-order valence-corrected chi connectivity index (χ0v) is 14.2. The summed E-state index contributed by atoms with van der Waals surface area (Å²) < 4.78 is 0. The third-order valence-corrected chi connectivity index (χ3v) is 3.21. The van der Waals surface area contributed by atoms with Crippen LogP contribution >= 0.6 is 0 Å². The van der Waals surface area contributed by atoms with E-state index in [1.54, 1.807) is 36.5 Å². The number of aliphatic carboxylic acids is 1. The molecule has 0 saturated heterocycles. The summed E-state index contributed by atoms with van der Waals surface area (Å²) in [6.07, 6.45) is 24.6. The first-order chi connectivity index (χ1) is 11.2. The van der Waals surface area contributed by atoms with Gasteiger partial charge in [-0.2, -0.15) is 0 Å². The Labute approximate surface area is 140 Å².